The minimum atomic E-state index is 0.440. The molecule has 0 aromatic carbocycles. The molecule has 0 radical (unpaired) electrons. The highest BCUT2D eigenvalue weighted by atomic mass is 14.4. The Bertz CT molecular complexity index is 283. The van der Waals surface area contributed by atoms with E-state index in [9.17, 15) is 0 Å². The summed E-state index contributed by atoms with van der Waals surface area (Å²) in [6.45, 7) is 7.11. The third-order valence-corrected chi connectivity index (χ3v) is 4.68. The van der Waals surface area contributed by atoms with E-state index in [2.05, 4.69) is 32.9 Å². The van der Waals surface area contributed by atoms with Gasteiger partial charge in [0.15, 0.2) is 0 Å². The maximum Gasteiger partial charge on any atom is -0.0113 e. The van der Waals surface area contributed by atoms with Gasteiger partial charge in [-0.1, -0.05) is 37.1 Å². The molecule has 0 aromatic heterocycles. The highest BCUT2D eigenvalue weighted by Gasteiger charge is 2.33. The van der Waals surface area contributed by atoms with E-state index in [0.717, 1.165) is 5.92 Å². The lowest BCUT2D eigenvalue weighted by Gasteiger charge is -2.29. The second kappa shape index (κ2) is 4.15. The number of rotatable bonds is 2. The van der Waals surface area contributed by atoms with Crippen molar-refractivity contribution in [3.63, 3.8) is 0 Å². The zero-order valence-corrected chi connectivity index (χ0v) is 10.5. The summed E-state index contributed by atoms with van der Waals surface area (Å²) in [5.41, 5.74) is 3.77. The fourth-order valence-corrected chi connectivity index (χ4v) is 2.93. The van der Waals surface area contributed by atoms with Crippen molar-refractivity contribution in [3.8, 4) is 0 Å². The summed E-state index contributed by atoms with van der Waals surface area (Å²) in [5.74, 6) is 0.852. The van der Waals surface area contributed by atoms with Gasteiger partial charge in [-0.05, 0) is 56.8 Å². The SMILES string of the molecule is CC1=CCC(CC=C2CCCC2)C1(C)C. The molecule has 2 rings (SSSR count). The molecule has 0 bridgehead atoms. The molecular weight excluding hydrogens is 180 g/mol. The maximum atomic E-state index is 2.55. The Kier molecular flexibility index (Phi) is 3.04. The Morgan fingerprint density at radius 3 is 2.53 bits per heavy atom. The van der Waals surface area contributed by atoms with Gasteiger partial charge >= 0.3 is 0 Å². The number of hydrogen-bond acceptors (Lipinski definition) is 0. The van der Waals surface area contributed by atoms with Crippen molar-refractivity contribution in [2.45, 2.75) is 59.3 Å². The van der Waals surface area contributed by atoms with Crippen molar-refractivity contribution in [1.82, 2.24) is 0 Å². The van der Waals surface area contributed by atoms with E-state index in [-0.39, 0.29) is 0 Å². The lowest BCUT2D eigenvalue weighted by molar-refractivity contribution is 0.294. The molecule has 1 saturated carbocycles. The Hall–Kier alpha value is -0.520. The molecule has 15 heavy (non-hydrogen) atoms. The molecule has 1 unspecified atom stereocenters. The van der Waals surface area contributed by atoms with Gasteiger partial charge in [0.2, 0.25) is 0 Å². The highest BCUT2D eigenvalue weighted by molar-refractivity contribution is 5.19. The topological polar surface area (TPSA) is 0 Å². The Labute approximate surface area is 94.5 Å². The first-order valence-electron chi connectivity index (χ1n) is 6.46. The van der Waals surface area contributed by atoms with E-state index in [4.69, 9.17) is 0 Å². The van der Waals surface area contributed by atoms with Crippen molar-refractivity contribution < 1.29 is 0 Å². The first kappa shape index (κ1) is 11.0. The van der Waals surface area contributed by atoms with Crippen molar-refractivity contribution >= 4 is 0 Å². The van der Waals surface area contributed by atoms with Crippen LogP contribution >= 0.6 is 0 Å². The molecule has 0 heteroatoms. The average molecular weight is 204 g/mol. The smallest absolute Gasteiger partial charge is 0.0113 e. The van der Waals surface area contributed by atoms with Gasteiger partial charge in [-0.2, -0.15) is 0 Å². The molecule has 0 N–H and O–H groups in total. The molecule has 0 amide bonds. The van der Waals surface area contributed by atoms with Gasteiger partial charge in [-0.25, -0.2) is 0 Å². The summed E-state index contributed by atoms with van der Waals surface area (Å²) in [7, 11) is 0. The molecule has 84 valence electrons. The largest absolute Gasteiger partial charge is 0.0850 e. The van der Waals surface area contributed by atoms with Crippen molar-refractivity contribution in [3.05, 3.63) is 23.3 Å². The molecule has 0 aliphatic heterocycles. The molecule has 0 aromatic rings. The first-order chi connectivity index (χ1) is 7.10. The summed E-state index contributed by atoms with van der Waals surface area (Å²) < 4.78 is 0. The normalized spacial score (nSPS) is 29.4. The molecule has 0 nitrogen and oxygen atoms in total. The van der Waals surface area contributed by atoms with E-state index in [1.165, 1.54) is 38.5 Å². The molecule has 0 saturated heterocycles. The average Bonchev–Trinajstić information content (AvgIpc) is 2.76. The van der Waals surface area contributed by atoms with E-state index >= 15 is 0 Å². The van der Waals surface area contributed by atoms with E-state index < -0.39 is 0 Å². The van der Waals surface area contributed by atoms with E-state index in [0.29, 0.717) is 5.41 Å². The van der Waals surface area contributed by atoms with Crippen LogP contribution in [-0.4, -0.2) is 0 Å². The Balaban J connectivity index is 1.94. The molecule has 2 aliphatic carbocycles. The van der Waals surface area contributed by atoms with Gasteiger partial charge in [0.1, 0.15) is 0 Å². The van der Waals surface area contributed by atoms with Gasteiger partial charge in [0.05, 0.1) is 0 Å². The van der Waals surface area contributed by atoms with Crippen LogP contribution in [0.5, 0.6) is 0 Å². The van der Waals surface area contributed by atoms with Crippen LogP contribution in [0.4, 0.5) is 0 Å². The minimum absolute atomic E-state index is 0.440. The molecule has 0 spiro atoms. The number of allylic oxidation sites excluding steroid dienone is 4. The van der Waals surface area contributed by atoms with Crippen LogP contribution in [0.3, 0.4) is 0 Å². The summed E-state index contributed by atoms with van der Waals surface area (Å²) in [4.78, 5) is 0. The maximum absolute atomic E-state index is 2.55. The predicted octanol–water partition coefficient (Wildman–Crippen LogP) is 4.87. The van der Waals surface area contributed by atoms with Gasteiger partial charge in [0, 0.05) is 0 Å². The highest BCUT2D eigenvalue weighted by Crippen LogP contribution is 2.45. The van der Waals surface area contributed by atoms with Gasteiger partial charge in [-0.3, -0.25) is 0 Å². The fourth-order valence-electron chi connectivity index (χ4n) is 2.93. The molecular formula is C15H24. The lowest BCUT2D eigenvalue weighted by Crippen LogP contribution is -2.19. The van der Waals surface area contributed by atoms with Crippen LogP contribution in [0.1, 0.15) is 59.3 Å². The third kappa shape index (κ3) is 2.19. The summed E-state index contributed by atoms with van der Waals surface area (Å²) >= 11 is 0. The van der Waals surface area contributed by atoms with Crippen LogP contribution in [0, 0.1) is 11.3 Å². The van der Waals surface area contributed by atoms with Crippen molar-refractivity contribution in [2.24, 2.45) is 11.3 Å². The Morgan fingerprint density at radius 2 is 2.00 bits per heavy atom. The second-order valence-electron chi connectivity index (χ2n) is 5.85. The monoisotopic (exact) mass is 204 g/mol. The zero-order chi connectivity index (χ0) is 10.9. The molecule has 1 atom stereocenters. The fraction of sp³-hybridized carbons (Fsp3) is 0.733. The zero-order valence-electron chi connectivity index (χ0n) is 10.5. The molecule has 1 fully saturated rings. The van der Waals surface area contributed by atoms with Gasteiger partial charge in [0.25, 0.3) is 0 Å². The van der Waals surface area contributed by atoms with Crippen LogP contribution < -0.4 is 0 Å². The third-order valence-electron chi connectivity index (χ3n) is 4.68. The van der Waals surface area contributed by atoms with Gasteiger partial charge < -0.3 is 0 Å². The van der Waals surface area contributed by atoms with Crippen LogP contribution in [0.2, 0.25) is 0 Å². The Morgan fingerprint density at radius 1 is 1.33 bits per heavy atom. The first-order valence-corrected chi connectivity index (χ1v) is 6.46. The summed E-state index contributed by atoms with van der Waals surface area (Å²) in [6, 6.07) is 0. The quantitative estimate of drug-likeness (QED) is 0.563. The van der Waals surface area contributed by atoms with Crippen LogP contribution in [-0.2, 0) is 0 Å². The van der Waals surface area contributed by atoms with E-state index in [1.807, 2.05) is 0 Å². The van der Waals surface area contributed by atoms with E-state index in [1.54, 1.807) is 11.1 Å². The van der Waals surface area contributed by atoms with Gasteiger partial charge in [-0.15, -0.1) is 0 Å². The van der Waals surface area contributed by atoms with Crippen molar-refractivity contribution in [2.75, 3.05) is 0 Å². The standard InChI is InChI=1S/C15H24/c1-12-8-10-14(15(12,2)3)11-9-13-6-4-5-7-13/h8-9,14H,4-7,10-11H2,1-3H3. The predicted molar refractivity (Wildman–Crippen MR) is 66.8 cm³/mol. The lowest BCUT2D eigenvalue weighted by atomic mass is 9.76. The molecule has 2 aliphatic rings. The number of hydrogen-bond donors (Lipinski definition) is 0. The van der Waals surface area contributed by atoms with Crippen LogP contribution in [0.25, 0.3) is 0 Å². The summed E-state index contributed by atoms with van der Waals surface area (Å²) in [5, 5.41) is 0. The minimum Gasteiger partial charge on any atom is -0.0850 e. The summed E-state index contributed by atoms with van der Waals surface area (Å²) in [6.07, 6.45) is 13.2. The van der Waals surface area contributed by atoms with Crippen LogP contribution in [0.15, 0.2) is 23.3 Å². The molecule has 0 heterocycles. The van der Waals surface area contributed by atoms with Crippen molar-refractivity contribution in [1.29, 1.82) is 0 Å². The second-order valence-corrected chi connectivity index (χ2v) is 5.85.